The number of aliphatic imine (C=N–C) groups is 1. The number of carbonyl (C=O) groups excluding carboxylic acids is 1. The van der Waals surface area contributed by atoms with E-state index in [-0.39, 0.29) is 0 Å². The Hall–Kier alpha value is -0.860. The highest BCUT2D eigenvalue weighted by atomic mass is 16.2. The third-order valence-electron chi connectivity index (χ3n) is 9.00. The monoisotopic (exact) mass is 340 g/mol. The summed E-state index contributed by atoms with van der Waals surface area (Å²) in [4.78, 5) is 21.4. The second kappa shape index (κ2) is 5.57. The minimum Gasteiger partial charge on any atom is -0.297 e. The molecule has 1 amide bonds. The molecule has 4 saturated carbocycles. The van der Waals surface area contributed by atoms with Gasteiger partial charge >= 0.3 is 0 Å². The van der Waals surface area contributed by atoms with Crippen molar-refractivity contribution < 1.29 is 4.79 Å². The zero-order chi connectivity index (χ0) is 16.5. The maximum atomic E-state index is 13.6. The first kappa shape index (κ1) is 15.2. The van der Waals surface area contributed by atoms with Gasteiger partial charge in [-0.1, -0.05) is 38.5 Å². The molecule has 136 valence electrons. The Morgan fingerprint density at radius 3 is 2.16 bits per heavy atom. The summed E-state index contributed by atoms with van der Waals surface area (Å²) in [5.74, 6) is 5.73. The van der Waals surface area contributed by atoms with Gasteiger partial charge in [0.15, 0.2) is 0 Å². The van der Waals surface area contributed by atoms with Gasteiger partial charge in [-0.2, -0.15) is 0 Å². The number of amidine groups is 1. The number of nitrogens with zero attached hydrogens (tertiary/aromatic N) is 2. The molecule has 6 rings (SSSR count). The van der Waals surface area contributed by atoms with Crippen LogP contribution < -0.4 is 0 Å². The maximum Gasteiger partial charge on any atom is 0.231 e. The number of hydrogen-bond donors (Lipinski definition) is 0. The van der Waals surface area contributed by atoms with Gasteiger partial charge < -0.3 is 0 Å². The molecule has 25 heavy (non-hydrogen) atoms. The van der Waals surface area contributed by atoms with Crippen LogP contribution in [0.1, 0.15) is 77.0 Å². The van der Waals surface area contributed by atoms with Crippen LogP contribution in [0.25, 0.3) is 0 Å². The van der Waals surface area contributed by atoms with Crippen LogP contribution in [-0.2, 0) is 4.79 Å². The lowest BCUT2D eigenvalue weighted by Gasteiger charge is -2.59. The number of piperidine rings is 1. The maximum absolute atomic E-state index is 13.6. The fourth-order valence-corrected chi connectivity index (χ4v) is 8.20. The Labute approximate surface area is 151 Å². The summed E-state index contributed by atoms with van der Waals surface area (Å²) in [7, 11) is 0. The highest BCUT2D eigenvalue weighted by Gasteiger charge is 2.57. The highest BCUT2D eigenvalue weighted by Crippen LogP contribution is 2.55. The highest BCUT2D eigenvalue weighted by molar-refractivity contribution is 6.04. The molecular weight excluding hydrogens is 308 g/mol. The molecule has 0 radical (unpaired) electrons. The molecule has 3 heteroatoms. The third-order valence-corrected chi connectivity index (χ3v) is 9.00. The van der Waals surface area contributed by atoms with Gasteiger partial charge in [-0.3, -0.25) is 14.7 Å². The number of amides is 1. The minimum atomic E-state index is 0.337. The lowest BCUT2D eigenvalue weighted by molar-refractivity contribution is -0.147. The molecule has 4 aliphatic carbocycles. The molecule has 2 aliphatic heterocycles. The van der Waals surface area contributed by atoms with Crippen LogP contribution in [0.4, 0.5) is 0 Å². The van der Waals surface area contributed by atoms with E-state index in [2.05, 4.69) is 4.90 Å². The number of rotatable bonds is 0. The summed E-state index contributed by atoms with van der Waals surface area (Å²) in [6.07, 6.45) is 15.8. The van der Waals surface area contributed by atoms with Crippen LogP contribution in [0, 0.1) is 35.5 Å². The van der Waals surface area contributed by atoms with E-state index < -0.39 is 0 Å². The second-order valence-corrected chi connectivity index (χ2v) is 9.94. The van der Waals surface area contributed by atoms with Gasteiger partial charge in [0.25, 0.3) is 0 Å². The molecule has 0 aromatic heterocycles. The van der Waals surface area contributed by atoms with Crippen molar-refractivity contribution in [2.45, 2.75) is 89.1 Å². The van der Waals surface area contributed by atoms with Gasteiger partial charge in [0.2, 0.25) is 5.91 Å². The molecule has 0 N–H and O–H groups in total. The van der Waals surface area contributed by atoms with Crippen molar-refractivity contribution in [3.05, 3.63) is 0 Å². The summed E-state index contributed by atoms with van der Waals surface area (Å²) < 4.78 is 0. The van der Waals surface area contributed by atoms with E-state index in [1.807, 2.05) is 0 Å². The Bertz CT molecular complexity index is 609. The van der Waals surface area contributed by atoms with E-state index >= 15 is 0 Å². The summed E-state index contributed by atoms with van der Waals surface area (Å²) >= 11 is 0. The Morgan fingerprint density at radius 1 is 0.720 bits per heavy atom. The van der Waals surface area contributed by atoms with Gasteiger partial charge in [-0.15, -0.1) is 0 Å². The normalized spacial score (nSPS) is 51.1. The summed E-state index contributed by atoms with van der Waals surface area (Å²) in [6.45, 7) is 0. The predicted molar refractivity (Wildman–Crippen MR) is 98.2 cm³/mol. The standard InChI is InChI=1S/C22H32N2O/c25-22-16-10-2-6-13-5-1-9-15(19(13)16)21-23-17-11-3-7-14-8-4-12-18(20(14)17)24(21)22/h13-20H,1-12H2. The van der Waals surface area contributed by atoms with Crippen molar-refractivity contribution in [3.8, 4) is 0 Å². The van der Waals surface area contributed by atoms with Gasteiger partial charge in [0.1, 0.15) is 5.84 Å². The van der Waals surface area contributed by atoms with E-state index in [1.54, 1.807) is 0 Å². The molecule has 0 spiro atoms. The zero-order valence-electron chi connectivity index (χ0n) is 15.4. The fraction of sp³-hybridized carbons (Fsp3) is 0.909. The number of hydrogen-bond acceptors (Lipinski definition) is 2. The summed E-state index contributed by atoms with van der Waals surface area (Å²) in [5, 5.41) is 0. The van der Waals surface area contributed by atoms with E-state index in [4.69, 9.17) is 4.99 Å². The first-order valence-electron chi connectivity index (χ1n) is 11.2. The zero-order valence-corrected chi connectivity index (χ0v) is 15.4. The molecule has 3 nitrogen and oxygen atoms in total. The van der Waals surface area contributed by atoms with E-state index in [0.29, 0.717) is 41.7 Å². The third kappa shape index (κ3) is 2.04. The van der Waals surface area contributed by atoms with E-state index in [0.717, 1.165) is 18.3 Å². The van der Waals surface area contributed by atoms with Crippen LogP contribution >= 0.6 is 0 Å². The average Bonchev–Trinajstić information content (AvgIpc) is 2.66. The SMILES string of the molecule is O=C1C2CCCC3CCCC(C4=NC5CCCC6CCCC(C65)N14)C32. The van der Waals surface area contributed by atoms with Crippen molar-refractivity contribution in [2.24, 2.45) is 40.5 Å². The molecule has 2 heterocycles. The van der Waals surface area contributed by atoms with Gasteiger partial charge in [-0.05, 0) is 56.3 Å². The quantitative estimate of drug-likeness (QED) is 0.643. The molecule has 8 unspecified atom stereocenters. The first-order valence-corrected chi connectivity index (χ1v) is 11.2. The molecular formula is C22H32N2O. The summed E-state index contributed by atoms with van der Waals surface area (Å²) in [5.41, 5.74) is 0. The van der Waals surface area contributed by atoms with Crippen molar-refractivity contribution >= 4 is 11.7 Å². The lowest BCUT2D eigenvalue weighted by Crippen LogP contribution is -2.66. The second-order valence-electron chi connectivity index (χ2n) is 9.94. The lowest BCUT2D eigenvalue weighted by atomic mass is 9.56. The van der Waals surface area contributed by atoms with Crippen LogP contribution in [0.5, 0.6) is 0 Å². The largest absolute Gasteiger partial charge is 0.297 e. The average molecular weight is 341 g/mol. The van der Waals surface area contributed by atoms with E-state index in [9.17, 15) is 4.79 Å². The van der Waals surface area contributed by atoms with Gasteiger partial charge in [-0.25, -0.2) is 0 Å². The number of carbonyl (C=O) groups is 1. The van der Waals surface area contributed by atoms with Crippen molar-refractivity contribution in [1.82, 2.24) is 4.90 Å². The molecule has 5 fully saturated rings. The van der Waals surface area contributed by atoms with E-state index in [1.165, 1.54) is 76.5 Å². The van der Waals surface area contributed by atoms with Crippen LogP contribution in [0.3, 0.4) is 0 Å². The smallest absolute Gasteiger partial charge is 0.231 e. The molecule has 0 aromatic rings. The van der Waals surface area contributed by atoms with Crippen molar-refractivity contribution in [2.75, 3.05) is 0 Å². The molecule has 8 atom stereocenters. The van der Waals surface area contributed by atoms with Crippen LogP contribution in [-0.4, -0.2) is 28.7 Å². The molecule has 0 aromatic carbocycles. The molecule has 1 saturated heterocycles. The summed E-state index contributed by atoms with van der Waals surface area (Å²) in [6, 6.07) is 1.05. The predicted octanol–water partition coefficient (Wildman–Crippen LogP) is 4.41. The van der Waals surface area contributed by atoms with Crippen molar-refractivity contribution in [3.63, 3.8) is 0 Å². The van der Waals surface area contributed by atoms with Gasteiger partial charge in [0, 0.05) is 23.8 Å². The van der Waals surface area contributed by atoms with Crippen LogP contribution in [0.2, 0.25) is 0 Å². The first-order chi connectivity index (χ1) is 12.3. The Morgan fingerprint density at radius 2 is 1.36 bits per heavy atom. The molecule has 6 aliphatic rings. The minimum absolute atomic E-state index is 0.337. The van der Waals surface area contributed by atoms with Crippen LogP contribution in [0.15, 0.2) is 4.99 Å². The Balaban J connectivity index is 1.46. The number of fused-ring (bicyclic) bond motifs is 3. The molecule has 0 bridgehead atoms. The fourth-order valence-electron chi connectivity index (χ4n) is 8.20. The van der Waals surface area contributed by atoms with Gasteiger partial charge in [0.05, 0.1) is 6.04 Å². The topological polar surface area (TPSA) is 32.7 Å². The van der Waals surface area contributed by atoms with Crippen molar-refractivity contribution in [1.29, 1.82) is 0 Å². The Kier molecular flexibility index (Phi) is 3.39.